The number of aliphatic hydroxyl groups excluding tert-OH is 1. The molecule has 0 radical (unpaired) electrons. The van der Waals surface area contributed by atoms with Gasteiger partial charge in [0.15, 0.2) is 0 Å². The Labute approximate surface area is 79.8 Å². The first-order chi connectivity index (χ1) is 6.24. The van der Waals surface area contributed by atoms with Gasteiger partial charge in [-0.2, -0.15) is 0 Å². The summed E-state index contributed by atoms with van der Waals surface area (Å²) in [6, 6.07) is 8.41. The Morgan fingerprint density at radius 3 is 2.69 bits per heavy atom. The third-order valence-corrected chi connectivity index (χ3v) is 2.05. The van der Waals surface area contributed by atoms with Crippen LogP contribution in [-0.2, 0) is 6.42 Å². The lowest BCUT2D eigenvalue weighted by Crippen LogP contribution is -2.08. The van der Waals surface area contributed by atoms with Crippen molar-refractivity contribution in [3.05, 3.63) is 29.8 Å². The monoisotopic (exact) mass is 179 g/mol. The largest absolute Gasteiger partial charge is 0.396 e. The number of hydrogen-bond donors (Lipinski definition) is 1. The molecule has 0 saturated heterocycles. The molecule has 0 aliphatic rings. The standard InChI is InChI=1S/C11H17NO/c1-12(2)11-7-3-5-10(9-11)6-4-8-13/h3,5,7,9,13H,4,6,8H2,1-2H3. The zero-order chi connectivity index (χ0) is 9.68. The molecule has 0 amide bonds. The average Bonchev–Trinajstić information content (AvgIpc) is 2.15. The summed E-state index contributed by atoms with van der Waals surface area (Å²) in [6.07, 6.45) is 1.80. The lowest BCUT2D eigenvalue weighted by atomic mass is 10.1. The van der Waals surface area contributed by atoms with E-state index in [1.165, 1.54) is 11.3 Å². The lowest BCUT2D eigenvalue weighted by Gasteiger charge is -2.13. The molecule has 0 spiro atoms. The highest BCUT2D eigenvalue weighted by atomic mass is 16.2. The fraction of sp³-hybridized carbons (Fsp3) is 0.455. The number of aliphatic hydroxyl groups is 1. The van der Waals surface area contributed by atoms with Crippen LogP contribution in [0.1, 0.15) is 12.0 Å². The van der Waals surface area contributed by atoms with E-state index in [4.69, 9.17) is 5.11 Å². The van der Waals surface area contributed by atoms with Gasteiger partial charge >= 0.3 is 0 Å². The number of nitrogens with zero attached hydrogens (tertiary/aromatic N) is 1. The van der Waals surface area contributed by atoms with E-state index >= 15 is 0 Å². The van der Waals surface area contributed by atoms with Gasteiger partial charge in [0.25, 0.3) is 0 Å². The topological polar surface area (TPSA) is 23.5 Å². The van der Waals surface area contributed by atoms with E-state index in [0.717, 1.165) is 12.8 Å². The van der Waals surface area contributed by atoms with Gasteiger partial charge in [-0.05, 0) is 30.5 Å². The summed E-state index contributed by atoms with van der Waals surface area (Å²) < 4.78 is 0. The second kappa shape index (κ2) is 4.87. The maximum atomic E-state index is 8.70. The number of rotatable bonds is 4. The van der Waals surface area contributed by atoms with Gasteiger partial charge in [0.2, 0.25) is 0 Å². The molecule has 1 aromatic rings. The van der Waals surface area contributed by atoms with Crippen molar-refractivity contribution in [2.24, 2.45) is 0 Å². The van der Waals surface area contributed by atoms with E-state index in [2.05, 4.69) is 29.2 Å². The maximum Gasteiger partial charge on any atom is 0.0434 e. The van der Waals surface area contributed by atoms with Crippen molar-refractivity contribution >= 4 is 5.69 Å². The van der Waals surface area contributed by atoms with Crippen LogP contribution in [0, 0.1) is 0 Å². The van der Waals surface area contributed by atoms with Gasteiger partial charge in [-0.1, -0.05) is 12.1 Å². The summed E-state index contributed by atoms with van der Waals surface area (Å²) >= 11 is 0. The van der Waals surface area contributed by atoms with E-state index in [-0.39, 0.29) is 6.61 Å². The lowest BCUT2D eigenvalue weighted by molar-refractivity contribution is 0.288. The third-order valence-electron chi connectivity index (χ3n) is 2.05. The van der Waals surface area contributed by atoms with Crippen molar-refractivity contribution in [1.82, 2.24) is 0 Å². The summed E-state index contributed by atoms with van der Waals surface area (Å²) in [7, 11) is 4.07. The molecule has 0 heterocycles. The predicted molar refractivity (Wildman–Crippen MR) is 56.2 cm³/mol. The van der Waals surface area contributed by atoms with Crippen LogP contribution in [0.25, 0.3) is 0 Å². The van der Waals surface area contributed by atoms with Crippen molar-refractivity contribution in [2.75, 3.05) is 25.6 Å². The Kier molecular flexibility index (Phi) is 3.77. The molecule has 0 aromatic heterocycles. The van der Waals surface area contributed by atoms with Gasteiger partial charge in [0.1, 0.15) is 0 Å². The van der Waals surface area contributed by atoms with E-state index in [1.54, 1.807) is 0 Å². The van der Waals surface area contributed by atoms with Gasteiger partial charge in [0.05, 0.1) is 0 Å². The molecule has 0 unspecified atom stereocenters. The van der Waals surface area contributed by atoms with Crippen molar-refractivity contribution < 1.29 is 5.11 Å². The van der Waals surface area contributed by atoms with Crippen LogP contribution < -0.4 is 4.90 Å². The fourth-order valence-electron chi connectivity index (χ4n) is 1.27. The highest BCUT2D eigenvalue weighted by molar-refractivity contribution is 5.47. The number of hydrogen-bond acceptors (Lipinski definition) is 2. The minimum atomic E-state index is 0.270. The summed E-state index contributed by atoms with van der Waals surface area (Å²) in [5.41, 5.74) is 2.51. The molecule has 0 bridgehead atoms. The van der Waals surface area contributed by atoms with Gasteiger partial charge < -0.3 is 10.0 Å². The quantitative estimate of drug-likeness (QED) is 0.760. The van der Waals surface area contributed by atoms with Crippen molar-refractivity contribution in [2.45, 2.75) is 12.8 Å². The van der Waals surface area contributed by atoms with Gasteiger partial charge in [0, 0.05) is 26.4 Å². The molecule has 1 aromatic carbocycles. The van der Waals surface area contributed by atoms with Crippen LogP contribution in [0.5, 0.6) is 0 Å². The molecule has 0 aliphatic heterocycles. The minimum Gasteiger partial charge on any atom is -0.396 e. The Morgan fingerprint density at radius 1 is 1.31 bits per heavy atom. The molecule has 1 rings (SSSR count). The molecule has 72 valence electrons. The van der Waals surface area contributed by atoms with Crippen LogP contribution in [0.3, 0.4) is 0 Å². The molecule has 2 nitrogen and oxygen atoms in total. The Balaban J connectivity index is 2.68. The van der Waals surface area contributed by atoms with Crippen LogP contribution in [0.15, 0.2) is 24.3 Å². The zero-order valence-corrected chi connectivity index (χ0v) is 8.33. The van der Waals surface area contributed by atoms with Crippen LogP contribution in [-0.4, -0.2) is 25.8 Å². The summed E-state index contributed by atoms with van der Waals surface area (Å²) in [4.78, 5) is 2.09. The van der Waals surface area contributed by atoms with Crippen LogP contribution in [0.2, 0.25) is 0 Å². The Hall–Kier alpha value is -1.02. The highest BCUT2D eigenvalue weighted by Crippen LogP contribution is 2.14. The van der Waals surface area contributed by atoms with Crippen molar-refractivity contribution in [3.63, 3.8) is 0 Å². The summed E-state index contributed by atoms with van der Waals surface area (Å²) in [5, 5.41) is 8.70. The predicted octanol–water partition coefficient (Wildman–Crippen LogP) is 1.68. The van der Waals surface area contributed by atoms with Crippen LogP contribution in [0.4, 0.5) is 5.69 Å². The van der Waals surface area contributed by atoms with E-state index in [9.17, 15) is 0 Å². The normalized spacial score (nSPS) is 10.1. The molecule has 0 atom stereocenters. The number of benzene rings is 1. The molecule has 0 fully saturated rings. The van der Waals surface area contributed by atoms with E-state index in [1.807, 2.05) is 14.1 Å². The smallest absolute Gasteiger partial charge is 0.0434 e. The first kappa shape index (κ1) is 10.1. The minimum absolute atomic E-state index is 0.270. The number of anilines is 1. The second-order valence-corrected chi connectivity index (χ2v) is 3.39. The van der Waals surface area contributed by atoms with Crippen LogP contribution >= 0.6 is 0 Å². The number of aryl methyl sites for hydroxylation is 1. The molecule has 0 aliphatic carbocycles. The average molecular weight is 179 g/mol. The summed E-state index contributed by atoms with van der Waals surface area (Å²) in [6.45, 7) is 0.270. The van der Waals surface area contributed by atoms with E-state index < -0.39 is 0 Å². The van der Waals surface area contributed by atoms with Gasteiger partial charge in [-0.3, -0.25) is 0 Å². The van der Waals surface area contributed by atoms with Gasteiger partial charge in [-0.25, -0.2) is 0 Å². The van der Waals surface area contributed by atoms with Crippen molar-refractivity contribution in [3.8, 4) is 0 Å². The zero-order valence-electron chi connectivity index (χ0n) is 8.33. The van der Waals surface area contributed by atoms with Gasteiger partial charge in [-0.15, -0.1) is 0 Å². The molecular formula is C11H17NO. The SMILES string of the molecule is CN(C)c1cccc(CCCO)c1. The van der Waals surface area contributed by atoms with Crippen molar-refractivity contribution in [1.29, 1.82) is 0 Å². The highest BCUT2D eigenvalue weighted by Gasteiger charge is 1.96. The maximum absolute atomic E-state index is 8.70. The second-order valence-electron chi connectivity index (χ2n) is 3.39. The first-order valence-electron chi connectivity index (χ1n) is 4.61. The fourth-order valence-corrected chi connectivity index (χ4v) is 1.27. The molecule has 1 N–H and O–H groups in total. The molecule has 2 heteroatoms. The van der Waals surface area contributed by atoms with E-state index in [0.29, 0.717) is 0 Å². The molecule has 13 heavy (non-hydrogen) atoms. The molecule has 0 saturated carbocycles. The first-order valence-corrected chi connectivity index (χ1v) is 4.61. The summed E-state index contributed by atoms with van der Waals surface area (Å²) in [5.74, 6) is 0. The Morgan fingerprint density at radius 2 is 2.08 bits per heavy atom. The molecular weight excluding hydrogens is 162 g/mol. The third kappa shape index (κ3) is 3.07. The Bertz CT molecular complexity index is 258.